The summed E-state index contributed by atoms with van der Waals surface area (Å²) in [5, 5.41) is 0. The molecular formula is C19H21FN2. The van der Waals surface area contributed by atoms with Crippen molar-refractivity contribution in [3.63, 3.8) is 0 Å². The van der Waals surface area contributed by atoms with Crippen LogP contribution < -0.4 is 0 Å². The Balaban J connectivity index is 1.95. The first-order valence-corrected chi connectivity index (χ1v) is 7.54. The topological polar surface area (TPSA) is 6.48 Å². The van der Waals surface area contributed by atoms with Gasteiger partial charge in [0.05, 0.1) is 12.7 Å². The van der Waals surface area contributed by atoms with E-state index in [1.165, 1.54) is 11.6 Å². The summed E-state index contributed by atoms with van der Waals surface area (Å²) in [5.41, 5.74) is 3.02. The van der Waals surface area contributed by atoms with Crippen LogP contribution in [0.1, 0.15) is 17.2 Å². The maximum atomic E-state index is 14.1. The number of hydrogen-bond acceptors (Lipinski definition) is 2. The van der Waals surface area contributed by atoms with Crippen molar-refractivity contribution < 1.29 is 4.39 Å². The van der Waals surface area contributed by atoms with Crippen LogP contribution in [0.3, 0.4) is 0 Å². The third-order valence-corrected chi connectivity index (χ3v) is 3.95. The van der Waals surface area contributed by atoms with Gasteiger partial charge in [0.1, 0.15) is 5.82 Å². The van der Waals surface area contributed by atoms with Crippen molar-refractivity contribution in [3.8, 4) is 0 Å². The van der Waals surface area contributed by atoms with Crippen molar-refractivity contribution in [2.75, 3.05) is 27.3 Å². The molecule has 0 amide bonds. The van der Waals surface area contributed by atoms with E-state index in [2.05, 4.69) is 54.2 Å². The van der Waals surface area contributed by atoms with Crippen LogP contribution in [0.2, 0.25) is 0 Å². The van der Waals surface area contributed by atoms with E-state index in [1.54, 1.807) is 6.07 Å². The summed E-state index contributed by atoms with van der Waals surface area (Å²) in [7, 11) is 4.12. The van der Waals surface area contributed by atoms with Gasteiger partial charge in [0.15, 0.2) is 0 Å². The second-order valence-corrected chi connectivity index (χ2v) is 6.00. The molecule has 0 bridgehead atoms. The summed E-state index contributed by atoms with van der Waals surface area (Å²) in [6.07, 6.45) is 2.19. The minimum atomic E-state index is -0.146. The van der Waals surface area contributed by atoms with Crippen LogP contribution in [-0.2, 0) is 0 Å². The van der Waals surface area contributed by atoms with Gasteiger partial charge in [-0.15, -0.1) is 0 Å². The van der Waals surface area contributed by atoms with E-state index < -0.39 is 0 Å². The standard InChI is InChI=1S/C19H21FN2/c1-21(2)14-22-13-16(17-10-6-7-11-18(17)20)12-19(22)15-8-4-3-5-9-15/h3-12,19H,13-14H2,1-2H3. The molecule has 3 rings (SSSR count). The van der Waals surface area contributed by atoms with E-state index in [0.717, 1.165) is 18.8 Å². The summed E-state index contributed by atoms with van der Waals surface area (Å²) in [4.78, 5) is 4.51. The SMILES string of the molecule is CN(C)CN1CC(c2ccccc2F)=CC1c1ccccc1. The smallest absolute Gasteiger partial charge is 0.130 e. The number of nitrogens with zero attached hydrogens (tertiary/aromatic N) is 2. The molecule has 0 spiro atoms. The maximum Gasteiger partial charge on any atom is 0.130 e. The Morgan fingerprint density at radius 3 is 2.41 bits per heavy atom. The lowest BCUT2D eigenvalue weighted by molar-refractivity contribution is 0.175. The fraction of sp³-hybridized carbons (Fsp3) is 0.263. The molecule has 22 heavy (non-hydrogen) atoms. The zero-order chi connectivity index (χ0) is 15.5. The molecule has 1 atom stereocenters. The number of benzene rings is 2. The molecule has 2 nitrogen and oxygen atoms in total. The van der Waals surface area contributed by atoms with Gasteiger partial charge in [-0.1, -0.05) is 54.6 Å². The lowest BCUT2D eigenvalue weighted by Crippen LogP contribution is -2.34. The lowest BCUT2D eigenvalue weighted by atomic mass is 10.0. The molecule has 0 radical (unpaired) electrons. The zero-order valence-electron chi connectivity index (χ0n) is 13.0. The van der Waals surface area contributed by atoms with Crippen molar-refractivity contribution in [2.24, 2.45) is 0 Å². The minimum Gasteiger partial charge on any atom is -0.297 e. The van der Waals surface area contributed by atoms with E-state index in [4.69, 9.17) is 0 Å². The largest absolute Gasteiger partial charge is 0.297 e. The molecule has 1 aliphatic rings. The summed E-state index contributed by atoms with van der Waals surface area (Å²) < 4.78 is 14.1. The Kier molecular flexibility index (Phi) is 4.36. The maximum absolute atomic E-state index is 14.1. The molecule has 0 N–H and O–H groups in total. The van der Waals surface area contributed by atoms with Crippen LogP contribution in [0.4, 0.5) is 4.39 Å². The van der Waals surface area contributed by atoms with Gasteiger partial charge in [-0.05, 0) is 31.3 Å². The van der Waals surface area contributed by atoms with E-state index in [9.17, 15) is 4.39 Å². The Hall–Kier alpha value is -1.97. The molecule has 2 aromatic rings. The van der Waals surface area contributed by atoms with Crippen molar-refractivity contribution in [1.29, 1.82) is 0 Å². The third-order valence-electron chi connectivity index (χ3n) is 3.95. The molecule has 0 saturated heterocycles. The Morgan fingerprint density at radius 2 is 1.73 bits per heavy atom. The van der Waals surface area contributed by atoms with Gasteiger partial charge < -0.3 is 0 Å². The van der Waals surface area contributed by atoms with E-state index >= 15 is 0 Å². The molecule has 0 fully saturated rings. The lowest BCUT2D eigenvalue weighted by Gasteiger charge is -2.27. The zero-order valence-corrected chi connectivity index (χ0v) is 13.0. The van der Waals surface area contributed by atoms with Crippen molar-refractivity contribution in [3.05, 3.63) is 77.6 Å². The van der Waals surface area contributed by atoms with Crippen LogP contribution in [0.5, 0.6) is 0 Å². The van der Waals surface area contributed by atoms with Gasteiger partial charge in [0, 0.05) is 12.1 Å². The molecule has 1 unspecified atom stereocenters. The number of rotatable bonds is 4. The summed E-state index contributed by atoms with van der Waals surface area (Å²) >= 11 is 0. The average molecular weight is 296 g/mol. The van der Waals surface area contributed by atoms with Crippen molar-refractivity contribution in [1.82, 2.24) is 9.80 Å². The first kappa shape index (κ1) is 14.9. The predicted molar refractivity (Wildman–Crippen MR) is 88.8 cm³/mol. The fourth-order valence-corrected chi connectivity index (χ4v) is 3.02. The van der Waals surface area contributed by atoms with Gasteiger partial charge in [-0.3, -0.25) is 9.80 Å². The normalized spacial score (nSPS) is 18.7. The highest BCUT2D eigenvalue weighted by atomic mass is 19.1. The first-order valence-electron chi connectivity index (χ1n) is 7.54. The molecule has 2 aromatic carbocycles. The summed E-state index contributed by atoms with van der Waals surface area (Å²) in [6, 6.07) is 17.6. The molecular weight excluding hydrogens is 275 g/mol. The monoisotopic (exact) mass is 296 g/mol. The third kappa shape index (κ3) is 3.11. The number of halogens is 1. The van der Waals surface area contributed by atoms with Gasteiger partial charge in [0.25, 0.3) is 0 Å². The Labute approximate surface area is 131 Å². The van der Waals surface area contributed by atoms with Gasteiger partial charge in [0.2, 0.25) is 0 Å². The molecule has 0 saturated carbocycles. The van der Waals surface area contributed by atoms with Crippen LogP contribution in [0.25, 0.3) is 5.57 Å². The van der Waals surface area contributed by atoms with Crippen LogP contribution >= 0.6 is 0 Å². The van der Waals surface area contributed by atoms with Crippen LogP contribution in [0.15, 0.2) is 60.7 Å². The Morgan fingerprint density at radius 1 is 1.05 bits per heavy atom. The highest BCUT2D eigenvalue weighted by Crippen LogP contribution is 2.35. The number of hydrogen-bond donors (Lipinski definition) is 0. The van der Waals surface area contributed by atoms with E-state index in [1.807, 2.05) is 18.2 Å². The second-order valence-electron chi connectivity index (χ2n) is 6.00. The van der Waals surface area contributed by atoms with E-state index in [-0.39, 0.29) is 11.9 Å². The van der Waals surface area contributed by atoms with Crippen LogP contribution in [0, 0.1) is 5.82 Å². The van der Waals surface area contributed by atoms with Crippen LogP contribution in [-0.4, -0.2) is 37.1 Å². The quantitative estimate of drug-likeness (QED) is 0.847. The minimum absolute atomic E-state index is 0.146. The highest BCUT2D eigenvalue weighted by molar-refractivity contribution is 5.70. The summed E-state index contributed by atoms with van der Waals surface area (Å²) in [5.74, 6) is -0.146. The second kappa shape index (κ2) is 6.42. The fourth-order valence-electron chi connectivity index (χ4n) is 3.02. The van der Waals surface area contributed by atoms with Gasteiger partial charge in [-0.2, -0.15) is 0 Å². The molecule has 0 aliphatic carbocycles. The van der Waals surface area contributed by atoms with Gasteiger partial charge in [-0.25, -0.2) is 4.39 Å². The summed E-state index contributed by atoms with van der Waals surface area (Å²) in [6.45, 7) is 1.60. The predicted octanol–water partition coefficient (Wildman–Crippen LogP) is 3.79. The molecule has 1 aliphatic heterocycles. The Bertz CT molecular complexity index is 664. The molecule has 3 heteroatoms. The average Bonchev–Trinajstić information content (AvgIpc) is 2.91. The highest BCUT2D eigenvalue weighted by Gasteiger charge is 2.27. The van der Waals surface area contributed by atoms with Crippen molar-refractivity contribution in [2.45, 2.75) is 6.04 Å². The molecule has 114 valence electrons. The molecule has 0 aromatic heterocycles. The van der Waals surface area contributed by atoms with E-state index in [0.29, 0.717) is 5.56 Å². The van der Waals surface area contributed by atoms with Crippen molar-refractivity contribution >= 4 is 5.57 Å². The molecule has 1 heterocycles. The first-order chi connectivity index (χ1) is 10.6. The van der Waals surface area contributed by atoms with Gasteiger partial charge >= 0.3 is 0 Å².